The Morgan fingerprint density at radius 2 is 1.90 bits per heavy atom. The topological polar surface area (TPSA) is 85.8 Å². The summed E-state index contributed by atoms with van der Waals surface area (Å²) in [6.07, 6.45) is 3.92. The molecule has 6 nitrogen and oxygen atoms in total. The van der Waals surface area contributed by atoms with Crippen molar-refractivity contribution in [2.45, 2.75) is 56.5 Å². The standard InChI is InChI=1S/C23H28ClN5OS/c1-3-5-8-16-11-13-18(14-12-16)26-21(30)20(4-2)29-22(25)27-28-23(29)31-15-17-9-6-7-10-19(17)24/h6-7,9-14,20H,3-5,8,15H2,1-2H3,(H2,25,27)(H,26,30). The number of anilines is 2. The average Bonchev–Trinajstić information content (AvgIpc) is 3.13. The van der Waals surface area contributed by atoms with Gasteiger partial charge in [-0.25, -0.2) is 0 Å². The average molecular weight is 458 g/mol. The highest BCUT2D eigenvalue weighted by atomic mass is 35.5. The number of thioether (sulfide) groups is 1. The van der Waals surface area contributed by atoms with Crippen LogP contribution < -0.4 is 11.1 Å². The Labute approximate surface area is 192 Å². The van der Waals surface area contributed by atoms with Gasteiger partial charge in [0.1, 0.15) is 6.04 Å². The van der Waals surface area contributed by atoms with E-state index in [-0.39, 0.29) is 11.9 Å². The Balaban J connectivity index is 1.72. The highest BCUT2D eigenvalue weighted by Crippen LogP contribution is 2.30. The lowest BCUT2D eigenvalue weighted by atomic mass is 10.1. The van der Waals surface area contributed by atoms with Gasteiger partial charge in [0.25, 0.3) is 0 Å². The zero-order chi connectivity index (χ0) is 22.2. The number of carbonyl (C=O) groups excluding carboxylic acids is 1. The summed E-state index contributed by atoms with van der Waals surface area (Å²) in [5, 5.41) is 12.5. The molecule has 0 bridgehead atoms. The van der Waals surface area contributed by atoms with E-state index in [0.29, 0.717) is 22.4 Å². The lowest BCUT2D eigenvalue weighted by molar-refractivity contribution is -0.119. The molecule has 1 heterocycles. The number of hydrogen-bond donors (Lipinski definition) is 2. The van der Waals surface area contributed by atoms with E-state index in [4.69, 9.17) is 17.3 Å². The van der Waals surface area contributed by atoms with Gasteiger partial charge in [-0.05, 0) is 48.6 Å². The van der Waals surface area contributed by atoms with Crippen LogP contribution in [0.3, 0.4) is 0 Å². The monoisotopic (exact) mass is 457 g/mol. The van der Waals surface area contributed by atoms with E-state index < -0.39 is 6.04 Å². The van der Waals surface area contributed by atoms with Gasteiger partial charge in [0.05, 0.1) is 0 Å². The molecule has 0 spiro atoms. The van der Waals surface area contributed by atoms with Gasteiger partial charge < -0.3 is 11.1 Å². The lowest BCUT2D eigenvalue weighted by Gasteiger charge is -2.19. The molecule has 1 amide bonds. The highest BCUT2D eigenvalue weighted by Gasteiger charge is 2.25. The van der Waals surface area contributed by atoms with E-state index in [1.165, 1.54) is 17.3 Å². The minimum Gasteiger partial charge on any atom is -0.368 e. The van der Waals surface area contributed by atoms with E-state index in [0.717, 1.165) is 30.5 Å². The van der Waals surface area contributed by atoms with Gasteiger partial charge in [0.15, 0.2) is 5.16 Å². The fourth-order valence-electron chi connectivity index (χ4n) is 3.28. The molecule has 8 heteroatoms. The van der Waals surface area contributed by atoms with Gasteiger partial charge in [-0.15, -0.1) is 10.2 Å². The summed E-state index contributed by atoms with van der Waals surface area (Å²) < 4.78 is 1.70. The first-order chi connectivity index (χ1) is 15.0. The number of benzene rings is 2. The zero-order valence-electron chi connectivity index (χ0n) is 17.8. The number of aryl methyl sites for hydroxylation is 1. The Bertz CT molecular complexity index is 1010. The molecule has 0 aliphatic rings. The maximum absolute atomic E-state index is 13.1. The van der Waals surface area contributed by atoms with E-state index in [1.807, 2.05) is 43.3 Å². The van der Waals surface area contributed by atoms with Crippen molar-refractivity contribution in [3.8, 4) is 0 Å². The largest absolute Gasteiger partial charge is 0.368 e. The maximum atomic E-state index is 13.1. The van der Waals surface area contributed by atoms with Crippen molar-refractivity contribution in [3.63, 3.8) is 0 Å². The number of aromatic nitrogens is 3. The van der Waals surface area contributed by atoms with Gasteiger partial charge >= 0.3 is 0 Å². The predicted molar refractivity (Wildman–Crippen MR) is 128 cm³/mol. The predicted octanol–water partition coefficient (Wildman–Crippen LogP) is 5.74. The Morgan fingerprint density at radius 1 is 1.16 bits per heavy atom. The van der Waals surface area contributed by atoms with Crippen LogP contribution in [0, 0.1) is 0 Å². The van der Waals surface area contributed by atoms with Crippen LogP contribution in [0.5, 0.6) is 0 Å². The number of nitrogens with two attached hydrogens (primary N) is 1. The molecule has 0 saturated carbocycles. The molecule has 1 unspecified atom stereocenters. The van der Waals surface area contributed by atoms with E-state index >= 15 is 0 Å². The zero-order valence-corrected chi connectivity index (χ0v) is 19.4. The molecule has 0 aliphatic carbocycles. The SMILES string of the molecule is CCCCc1ccc(NC(=O)C(CC)n2c(N)nnc2SCc2ccccc2Cl)cc1. The number of nitrogens with zero attached hydrogens (tertiary/aromatic N) is 3. The summed E-state index contributed by atoms with van der Waals surface area (Å²) in [5.41, 5.74) is 9.11. The number of unbranched alkanes of at least 4 members (excludes halogenated alkanes) is 1. The van der Waals surface area contributed by atoms with Crippen LogP contribution in [0.25, 0.3) is 0 Å². The van der Waals surface area contributed by atoms with Crippen LogP contribution in [0.4, 0.5) is 11.6 Å². The van der Waals surface area contributed by atoms with Crippen molar-refractivity contribution in [2.75, 3.05) is 11.1 Å². The molecule has 0 saturated heterocycles. The fourth-order valence-corrected chi connectivity index (χ4v) is 4.56. The van der Waals surface area contributed by atoms with Crippen molar-refractivity contribution in [1.29, 1.82) is 0 Å². The molecular weight excluding hydrogens is 430 g/mol. The number of halogens is 1. The van der Waals surface area contributed by atoms with Crippen LogP contribution in [0.15, 0.2) is 53.7 Å². The Morgan fingerprint density at radius 3 is 2.58 bits per heavy atom. The van der Waals surface area contributed by atoms with E-state index in [2.05, 4.69) is 34.6 Å². The van der Waals surface area contributed by atoms with Crippen molar-refractivity contribution in [2.24, 2.45) is 0 Å². The lowest BCUT2D eigenvalue weighted by Crippen LogP contribution is -2.27. The summed E-state index contributed by atoms with van der Waals surface area (Å²) in [6, 6.07) is 15.1. The third kappa shape index (κ3) is 6.02. The van der Waals surface area contributed by atoms with Gasteiger partial charge in [-0.2, -0.15) is 0 Å². The molecule has 3 rings (SSSR count). The molecule has 1 aromatic heterocycles. The number of nitrogens with one attached hydrogen (secondary N) is 1. The van der Waals surface area contributed by atoms with Crippen LogP contribution in [-0.4, -0.2) is 20.7 Å². The van der Waals surface area contributed by atoms with Crippen LogP contribution in [0.1, 0.15) is 50.3 Å². The van der Waals surface area contributed by atoms with Crippen molar-refractivity contribution >= 4 is 40.9 Å². The quantitative estimate of drug-likeness (QED) is 0.379. The first-order valence-electron chi connectivity index (χ1n) is 10.5. The molecule has 0 fully saturated rings. The van der Waals surface area contributed by atoms with Crippen molar-refractivity contribution in [3.05, 3.63) is 64.7 Å². The normalized spacial score (nSPS) is 12.0. The number of hydrogen-bond acceptors (Lipinski definition) is 5. The van der Waals surface area contributed by atoms with Crippen LogP contribution >= 0.6 is 23.4 Å². The smallest absolute Gasteiger partial charge is 0.247 e. The molecule has 1 atom stereocenters. The van der Waals surface area contributed by atoms with E-state index in [1.54, 1.807) is 4.57 Å². The van der Waals surface area contributed by atoms with Crippen LogP contribution in [-0.2, 0) is 17.0 Å². The number of amides is 1. The summed E-state index contributed by atoms with van der Waals surface area (Å²) in [6.45, 7) is 4.12. The van der Waals surface area contributed by atoms with Gasteiger partial charge in [-0.3, -0.25) is 9.36 Å². The highest BCUT2D eigenvalue weighted by molar-refractivity contribution is 7.98. The first kappa shape index (κ1) is 23.2. The molecule has 0 aliphatic heterocycles. The molecule has 164 valence electrons. The van der Waals surface area contributed by atoms with Crippen LogP contribution in [0.2, 0.25) is 5.02 Å². The van der Waals surface area contributed by atoms with Crippen molar-refractivity contribution < 1.29 is 4.79 Å². The molecular formula is C23H28ClN5OS. The second-order valence-electron chi connectivity index (χ2n) is 7.30. The maximum Gasteiger partial charge on any atom is 0.247 e. The second kappa shape index (κ2) is 11.2. The summed E-state index contributed by atoms with van der Waals surface area (Å²) >= 11 is 7.72. The summed E-state index contributed by atoms with van der Waals surface area (Å²) in [7, 11) is 0. The number of carbonyl (C=O) groups is 1. The summed E-state index contributed by atoms with van der Waals surface area (Å²) in [5.74, 6) is 0.684. The van der Waals surface area contributed by atoms with Gasteiger partial charge in [0, 0.05) is 16.5 Å². The van der Waals surface area contributed by atoms with Gasteiger partial charge in [-0.1, -0.05) is 74.0 Å². The van der Waals surface area contributed by atoms with Gasteiger partial charge in [0.2, 0.25) is 11.9 Å². The number of rotatable bonds is 10. The number of nitrogen functional groups attached to an aromatic ring is 1. The van der Waals surface area contributed by atoms with Crippen molar-refractivity contribution in [1.82, 2.24) is 14.8 Å². The Hall–Kier alpha value is -2.51. The minimum absolute atomic E-state index is 0.144. The molecule has 0 radical (unpaired) electrons. The molecule has 31 heavy (non-hydrogen) atoms. The third-order valence-corrected chi connectivity index (χ3v) is 6.41. The van der Waals surface area contributed by atoms with E-state index in [9.17, 15) is 4.79 Å². The Kier molecular flexibility index (Phi) is 8.37. The molecule has 3 N–H and O–H groups in total. The second-order valence-corrected chi connectivity index (χ2v) is 8.65. The molecule has 2 aromatic carbocycles. The minimum atomic E-state index is -0.511. The third-order valence-electron chi connectivity index (χ3n) is 5.05. The molecule has 3 aromatic rings. The summed E-state index contributed by atoms with van der Waals surface area (Å²) in [4.78, 5) is 13.1. The first-order valence-corrected chi connectivity index (χ1v) is 11.9. The fraction of sp³-hybridized carbons (Fsp3) is 0.348.